The van der Waals surface area contributed by atoms with Crippen LogP contribution in [0.5, 0.6) is 5.75 Å². The fourth-order valence-electron chi connectivity index (χ4n) is 4.24. The number of hydrogen-bond donors (Lipinski definition) is 0. The van der Waals surface area contributed by atoms with Crippen LogP contribution in [0.15, 0.2) is 59.6 Å². The molecule has 1 saturated heterocycles. The van der Waals surface area contributed by atoms with Crippen molar-refractivity contribution < 1.29 is 13.9 Å². The first-order valence-corrected chi connectivity index (χ1v) is 14.1. The highest BCUT2D eigenvalue weighted by molar-refractivity contribution is 8.26. The lowest BCUT2D eigenvalue weighted by Gasteiger charge is -2.14. The van der Waals surface area contributed by atoms with Crippen LogP contribution in [0.4, 0.5) is 4.39 Å². The summed E-state index contributed by atoms with van der Waals surface area (Å²) in [4.78, 5) is 15.5. The third kappa shape index (κ3) is 6.67. The van der Waals surface area contributed by atoms with E-state index in [0.717, 1.165) is 18.5 Å². The maximum Gasteiger partial charge on any atom is 0.266 e. The lowest BCUT2D eigenvalue weighted by molar-refractivity contribution is -0.122. The van der Waals surface area contributed by atoms with Crippen LogP contribution in [0.1, 0.15) is 57.9 Å². The summed E-state index contributed by atoms with van der Waals surface area (Å²) < 4.78 is 22.4. The monoisotopic (exact) mass is 537 g/mol. The van der Waals surface area contributed by atoms with Gasteiger partial charge in [-0.1, -0.05) is 81.2 Å². The Kier molecular flexibility index (Phi) is 9.52. The van der Waals surface area contributed by atoms with E-state index in [1.165, 1.54) is 43.5 Å². The van der Waals surface area contributed by atoms with Gasteiger partial charge in [-0.15, -0.1) is 0 Å². The molecule has 1 aliphatic heterocycles. The molecule has 1 fully saturated rings. The second kappa shape index (κ2) is 13.0. The number of para-hydroxylation sites is 1. The van der Waals surface area contributed by atoms with Crippen LogP contribution < -0.4 is 4.74 Å². The van der Waals surface area contributed by atoms with E-state index >= 15 is 0 Å². The lowest BCUT2D eigenvalue weighted by Crippen LogP contribution is -2.29. The minimum Gasteiger partial charge on any atom is -0.491 e. The van der Waals surface area contributed by atoms with Crippen molar-refractivity contribution in [2.75, 3.05) is 13.2 Å². The summed E-state index contributed by atoms with van der Waals surface area (Å²) in [6.45, 7) is 5.03. The van der Waals surface area contributed by atoms with Crippen molar-refractivity contribution in [1.29, 1.82) is 0 Å². The lowest BCUT2D eigenvalue weighted by atomic mass is 10.1. The number of ether oxygens (including phenoxy) is 1. The molecule has 1 amide bonds. The van der Waals surface area contributed by atoms with E-state index in [1.54, 1.807) is 21.7 Å². The molecular formula is C29H32FN3O2S2. The molecule has 1 aliphatic rings. The van der Waals surface area contributed by atoms with Crippen LogP contribution in [0.2, 0.25) is 0 Å². The van der Waals surface area contributed by atoms with E-state index in [9.17, 15) is 9.18 Å². The summed E-state index contributed by atoms with van der Waals surface area (Å²) in [5.41, 5.74) is 2.76. The first-order valence-electron chi connectivity index (χ1n) is 12.8. The zero-order valence-electron chi connectivity index (χ0n) is 21.3. The molecule has 0 bridgehead atoms. The summed E-state index contributed by atoms with van der Waals surface area (Å²) in [5, 5.41) is 4.76. The van der Waals surface area contributed by atoms with E-state index < -0.39 is 5.82 Å². The topological polar surface area (TPSA) is 47.4 Å². The number of thioether (sulfide) groups is 1. The van der Waals surface area contributed by atoms with Crippen molar-refractivity contribution in [2.45, 2.75) is 52.4 Å². The van der Waals surface area contributed by atoms with E-state index in [4.69, 9.17) is 22.1 Å². The van der Waals surface area contributed by atoms with Crippen LogP contribution in [-0.4, -0.2) is 38.1 Å². The van der Waals surface area contributed by atoms with Crippen molar-refractivity contribution in [3.63, 3.8) is 0 Å². The van der Waals surface area contributed by atoms with Crippen LogP contribution in [0.3, 0.4) is 0 Å². The highest BCUT2D eigenvalue weighted by Crippen LogP contribution is 2.35. The Morgan fingerprint density at radius 2 is 1.81 bits per heavy atom. The van der Waals surface area contributed by atoms with Crippen LogP contribution in [0, 0.1) is 5.82 Å². The van der Waals surface area contributed by atoms with Gasteiger partial charge in [0.05, 0.1) is 17.2 Å². The van der Waals surface area contributed by atoms with Gasteiger partial charge in [-0.05, 0) is 49.8 Å². The Labute approximate surface area is 227 Å². The highest BCUT2D eigenvalue weighted by Gasteiger charge is 2.32. The number of hydrogen-bond acceptors (Lipinski definition) is 5. The second-order valence-corrected chi connectivity index (χ2v) is 10.6. The Bertz CT molecular complexity index is 1270. The summed E-state index contributed by atoms with van der Waals surface area (Å²) >= 11 is 6.85. The fraction of sp³-hybridized carbons (Fsp3) is 0.345. The molecular weight excluding hydrogens is 505 g/mol. The molecule has 37 heavy (non-hydrogen) atoms. The zero-order chi connectivity index (χ0) is 26.2. The van der Waals surface area contributed by atoms with E-state index in [-0.39, 0.29) is 11.7 Å². The molecule has 0 saturated carbocycles. The minimum absolute atomic E-state index is 0.0835. The molecule has 5 nitrogen and oxygen atoms in total. The van der Waals surface area contributed by atoms with Crippen LogP contribution >= 0.6 is 24.0 Å². The number of aromatic nitrogens is 2. The number of nitrogens with zero attached hydrogens (tertiary/aromatic N) is 3. The fourth-order valence-corrected chi connectivity index (χ4v) is 5.53. The van der Waals surface area contributed by atoms with Gasteiger partial charge in [-0.2, -0.15) is 5.10 Å². The van der Waals surface area contributed by atoms with Gasteiger partial charge in [-0.3, -0.25) is 9.69 Å². The molecule has 0 unspecified atom stereocenters. The molecule has 8 heteroatoms. The van der Waals surface area contributed by atoms with Gasteiger partial charge in [0.1, 0.15) is 10.0 Å². The SMILES string of the molecule is CCCCCCCCN1C(=O)C(=Cc2cn(-c3ccccc3)nc2-c2ccc(OCC)c(F)c2)SC1=S. The predicted octanol–water partition coefficient (Wildman–Crippen LogP) is 7.64. The number of carbonyl (C=O) groups excluding carboxylic acids is 1. The second-order valence-electron chi connectivity index (χ2n) is 8.89. The summed E-state index contributed by atoms with van der Waals surface area (Å²) in [6.07, 6.45) is 10.6. The number of carbonyl (C=O) groups is 1. The van der Waals surface area contributed by atoms with Gasteiger partial charge in [0.2, 0.25) is 0 Å². The Morgan fingerprint density at radius 3 is 2.54 bits per heavy atom. The molecule has 4 rings (SSSR count). The van der Waals surface area contributed by atoms with Crippen molar-refractivity contribution in [3.05, 3.63) is 71.0 Å². The molecule has 0 radical (unpaired) electrons. The largest absolute Gasteiger partial charge is 0.491 e. The van der Waals surface area contributed by atoms with Gasteiger partial charge in [0.15, 0.2) is 11.6 Å². The summed E-state index contributed by atoms with van der Waals surface area (Å²) in [7, 11) is 0. The van der Waals surface area contributed by atoms with Gasteiger partial charge < -0.3 is 4.74 Å². The number of amides is 1. The normalized spacial score (nSPS) is 14.7. The third-order valence-corrected chi connectivity index (χ3v) is 7.54. The van der Waals surface area contributed by atoms with Gasteiger partial charge in [0, 0.05) is 23.9 Å². The number of halogens is 1. The highest BCUT2D eigenvalue weighted by atomic mass is 32.2. The average Bonchev–Trinajstić information content (AvgIpc) is 3.44. The summed E-state index contributed by atoms with van der Waals surface area (Å²) in [6, 6.07) is 14.5. The predicted molar refractivity (Wildman–Crippen MR) is 153 cm³/mol. The van der Waals surface area contributed by atoms with E-state index in [1.807, 2.05) is 49.5 Å². The first-order chi connectivity index (χ1) is 18.0. The molecule has 3 aromatic rings. The number of rotatable bonds is 12. The first kappa shape index (κ1) is 27.1. The standard InChI is InChI=1S/C29H32FN3O2S2/c1-3-5-6-7-8-12-17-32-28(34)26(37-29(32)36)19-22-20-33(23-13-10-9-11-14-23)31-27(22)21-15-16-25(35-4-2)24(30)18-21/h9-11,13-16,18-20H,3-8,12,17H2,1-2H3. The Balaban J connectivity index is 1.61. The third-order valence-electron chi connectivity index (χ3n) is 6.16. The molecule has 2 aromatic carbocycles. The molecule has 0 atom stereocenters. The molecule has 0 aliphatic carbocycles. The maximum atomic E-state index is 14.7. The van der Waals surface area contributed by atoms with Crippen molar-refractivity contribution in [3.8, 4) is 22.7 Å². The van der Waals surface area contributed by atoms with Gasteiger partial charge >= 0.3 is 0 Å². The van der Waals surface area contributed by atoms with Crippen molar-refractivity contribution >= 4 is 40.3 Å². The Morgan fingerprint density at radius 1 is 1.05 bits per heavy atom. The average molecular weight is 538 g/mol. The van der Waals surface area contributed by atoms with Gasteiger partial charge in [-0.25, -0.2) is 9.07 Å². The number of thiocarbonyl (C=S) groups is 1. The number of unbranched alkanes of at least 4 members (excludes halogenated alkanes) is 5. The molecule has 0 N–H and O–H groups in total. The Hall–Kier alpha value is -2.97. The van der Waals surface area contributed by atoms with Crippen molar-refractivity contribution in [2.24, 2.45) is 0 Å². The quantitative estimate of drug-likeness (QED) is 0.135. The van der Waals surface area contributed by atoms with Crippen molar-refractivity contribution in [1.82, 2.24) is 14.7 Å². The van der Waals surface area contributed by atoms with E-state index in [2.05, 4.69) is 6.92 Å². The minimum atomic E-state index is -0.454. The molecule has 2 heterocycles. The molecule has 1 aromatic heterocycles. The van der Waals surface area contributed by atoms with Crippen LogP contribution in [0.25, 0.3) is 23.0 Å². The summed E-state index contributed by atoms with van der Waals surface area (Å²) in [5.74, 6) is -0.337. The smallest absolute Gasteiger partial charge is 0.266 e. The zero-order valence-corrected chi connectivity index (χ0v) is 22.9. The van der Waals surface area contributed by atoms with Crippen LogP contribution in [-0.2, 0) is 4.79 Å². The number of benzene rings is 2. The molecule has 194 valence electrons. The van der Waals surface area contributed by atoms with E-state index in [0.29, 0.717) is 39.2 Å². The maximum absolute atomic E-state index is 14.7. The van der Waals surface area contributed by atoms with Gasteiger partial charge in [0.25, 0.3) is 5.91 Å². The molecule has 0 spiro atoms.